The molecule has 0 spiro atoms. The zero-order valence-electron chi connectivity index (χ0n) is 12.3. The van der Waals surface area contributed by atoms with Crippen molar-refractivity contribution in [3.63, 3.8) is 0 Å². The van der Waals surface area contributed by atoms with Crippen molar-refractivity contribution in [3.05, 3.63) is 57.6 Å². The summed E-state index contributed by atoms with van der Waals surface area (Å²) < 4.78 is 0. The first-order chi connectivity index (χ1) is 11.4. The number of carboxylic acid groups (broad SMARTS) is 1. The lowest BCUT2D eigenvalue weighted by molar-refractivity contribution is -0.113. The molecule has 3 N–H and O–H groups in total. The predicted molar refractivity (Wildman–Crippen MR) is 96.3 cm³/mol. The summed E-state index contributed by atoms with van der Waals surface area (Å²) in [5.74, 6) is -1.24. The van der Waals surface area contributed by atoms with Gasteiger partial charge in [-0.2, -0.15) is 0 Å². The topological polar surface area (TPSA) is 86.6 Å². The third kappa shape index (κ3) is 4.80. The van der Waals surface area contributed by atoms with E-state index in [2.05, 4.69) is 5.32 Å². The lowest BCUT2D eigenvalue weighted by Gasteiger charge is -2.10. The molecule has 126 valence electrons. The van der Waals surface area contributed by atoms with E-state index in [0.717, 1.165) is 11.6 Å². The summed E-state index contributed by atoms with van der Waals surface area (Å²) in [6.07, 6.45) is 0. The number of halogens is 2. The van der Waals surface area contributed by atoms with Crippen LogP contribution >= 0.6 is 35.0 Å². The average molecular weight is 386 g/mol. The highest BCUT2D eigenvalue weighted by atomic mass is 35.5. The van der Waals surface area contributed by atoms with Gasteiger partial charge in [0.05, 0.1) is 17.0 Å². The summed E-state index contributed by atoms with van der Waals surface area (Å²) in [5, 5.41) is 22.0. The number of carbonyl (C=O) groups excluding carboxylic acids is 1. The van der Waals surface area contributed by atoms with E-state index in [-0.39, 0.29) is 28.7 Å². The number of nitrogens with one attached hydrogen (secondary N) is 1. The molecule has 0 fully saturated rings. The van der Waals surface area contributed by atoms with Crippen LogP contribution in [0.4, 0.5) is 5.69 Å². The highest BCUT2D eigenvalue weighted by molar-refractivity contribution is 7.99. The van der Waals surface area contributed by atoms with Gasteiger partial charge in [0, 0.05) is 15.8 Å². The number of phenols is 1. The highest BCUT2D eigenvalue weighted by Gasteiger charge is 2.14. The van der Waals surface area contributed by atoms with Crippen LogP contribution in [0.3, 0.4) is 0 Å². The summed E-state index contributed by atoms with van der Waals surface area (Å²) in [5.41, 5.74) is 0.693. The molecular formula is C16H13Cl2NO4S. The number of rotatable bonds is 6. The number of benzene rings is 2. The second-order valence-electron chi connectivity index (χ2n) is 4.78. The van der Waals surface area contributed by atoms with E-state index < -0.39 is 5.97 Å². The lowest BCUT2D eigenvalue weighted by Crippen LogP contribution is -2.16. The minimum atomic E-state index is -1.24. The Labute approximate surface area is 152 Å². The van der Waals surface area contributed by atoms with E-state index in [0.29, 0.717) is 15.8 Å². The van der Waals surface area contributed by atoms with E-state index in [1.807, 2.05) is 0 Å². The van der Waals surface area contributed by atoms with Gasteiger partial charge in [-0.25, -0.2) is 4.79 Å². The Balaban J connectivity index is 1.96. The molecule has 0 bridgehead atoms. The lowest BCUT2D eigenvalue weighted by atomic mass is 10.1. The van der Waals surface area contributed by atoms with Crippen LogP contribution in [-0.2, 0) is 10.5 Å². The van der Waals surface area contributed by atoms with Crippen LogP contribution in [0, 0.1) is 0 Å². The summed E-state index contributed by atoms with van der Waals surface area (Å²) in [6, 6.07) is 8.90. The first-order valence-electron chi connectivity index (χ1n) is 6.75. The van der Waals surface area contributed by atoms with Gasteiger partial charge >= 0.3 is 5.97 Å². The zero-order chi connectivity index (χ0) is 17.7. The van der Waals surface area contributed by atoms with Gasteiger partial charge in [0.1, 0.15) is 5.75 Å². The van der Waals surface area contributed by atoms with E-state index in [1.165, 1.54) is 23.9 Å². The fourth-order valence-corrected chi connectivity index (χ4v) is 3.48. The minimum absolute atomic E-state index is 0.0987. The molecule has 2 rings (SSSR count). The molecule has 0 aliphatic heterocycles. The molecule has 0 aliphatic rings. The normalized spacial score (nSPS) is 10.4. The van der Waals surface area contributed by atoms with Gasteiger partial charge < -0.3 is 15.5 Å². The Morgan fingerprint density at radius 3 is 2.42 bits per heavy atom. The summed E-state index contributed by atoms with van der Waals surface area (Å²) in [6.45, 7) is 0. The van der Waals surface area contributed by atoms with E-state index in [9.17, 15) is 14.7 Å². The van der Waals surface area contributed by atoms with E-state index >= 15 is 0 Å². The van der Waals surface area contributed by atoms with Crippen LogP contribution in [0.15, 0.2) is 36.4 Å². The predicted octanol–water partition coefficient (Wildman–Crippen LogP) is 4.27. The fraction of sp³-hybridized carbons (Fsp3) is 0.125. The monoisotopic (exact) mass is 385 g/mol. The maximum atomic E-state index is 12.0. The molecule has 2 aromatic rings. The van der Waals surface area contributed by atoms with Crippen LogP contribution in [0.25, 0.3) is 0 Å². The second-order valence-corrected chi connectivity index (χ2v) is 6.58. The Hall–Kier alpha value is -1.89. The van der Waals surface area contributed by atoms with Crippen molar-refractivity contribution in [1.29, 1.82) is 0 Å². The van der Waals surface area contributed by atoms with Gasteiger partial charge in [-0.15, -0.1) is 11.8 Å². The Kier molecular flexibility index (Phi) is 6.36. The number of hydrogen-bond acceptors (Lipinski definition) is 4. The van der Waals surface area contributed by atoms with Crippen LogP contribution in [0.2, 0.25) is 10.0 Å². The molecule has 5 nitrogen and oxygen atoms in total. The number of thioether (sulfide) groups is 1. The van der Waals surface area contributed by atoms with Crippen molar-refractivity contribution in [1.82, 2.24) is 0 Å². The molecule has 0 saturated heterocycles. The molecule has 0 atom stereocenters. The first kappa shape index (κ1) is 18.4. The average Bonchev–Trinajstić information content (AvgIpc) is 2.52. The Bertz CT molecular complexity index is 762. The number of phenolic OH excluding ortho intramolecular Hbond substituents is 1. The van der Waals surface area contributed by atoms with Crippen molar-refractivity contribution in [2.24, 2.45) is 0 Å². The van der Waals surface area contributed by atoms with Gasteiger partial charge in [0.25, 0.3) is 0 Å². The molecular weight excluding hydrogens is 373 g/mol. The number of carboxylic acids is 1. The van der Waals surface area contributed by atoms with Crippen molar-refractivity contribution in [2.75, 3.05) is 11.1 Å². The molecule has 1 amide bonds. The van der Waals surface area contributed by atoms with Crippen molar-refractivity contribution >= 4 is 52.5 Å². The van der Waals surface area contributed by atoms with Crippen LogP contribution < -0.4 is 5.32 Å². The number of aromatic carboxylic acids is 1. The van der Waals surface area contributed by atoms with Gasteiger partial charge in [0.2, 0.25) is 5.91 Å². The number of anilines is 1. The number of hydrogen-bond donors (Lipinski definition) is 3. The molecule has 8 heteroatoms. The molecule has 24 heavy (non-hydrogen) atoms. The quantitative estimate of drug-likeness (QED) is 0.646. The van der Waals surface area contributed by atoms with E-state index in [4.69, 9.17) is 28.3 Å². The summed E-state index contributed by atoms with van der Waals surface area (Å²) >= 11 is 13.4. The molecule has 0 radical (unpaired) electrons. The summed E-state index contributed by atoms with van der Waals surface area (Å²) in [7, 11) is 0. The molecule has 0 aliphatic carbocycles. The van der Waals surface area contributed by atoms with Gasteiger partial charge in [0.15, 0.2) is 0 Å². The molecule has 0 aromatic heterocycles. The van der Waals surface area contributed by atoms with Crippen molar-refractivity contribution < 1.29 is 19.8 Å². The van der Waals surface area contributed by atoms with Crippen LogP contribution in [-0.4, -0.2) is 27.8 Å². The Morgan fingerprint density at radius 2 is 1.79 bits per heavy atom. The smallest absolute Gasteiger partial charge is 0.337 e. The van der Waals surface area contributed by atoms with Gasteiger partial charge in [-0.1, -0.05) is 29.3 Å². The number of carbonyl (C=O) groups is 2. The standard InChI is InChI=1S/C16H13Cl2NO4S/c17-12-2-1-3-13(18)11(12)7-24-8-15(21)19-14-5-4-9(20)6-10(14)16(22)23/h1-6,20H,7-8H2,(H,19,21)(H,22,23). The molecule has 0 heterocycles. The first-order valence-corrected chi connectivity index (χ1v) is 8.66. The largest absolute Gasteiger partial charge is 0.508 e. The maximum absolute atomic E-state index is 12.0. The molecule has 0 saturated carbocycles. The summed E-state index contributed by atoms with van der Waals surface area (Å²) in [4.78, 5) is 23.1. The van der Waals surface area contributed by atoms with E-state index in [1.54, 1.807) is 18.2 Å². The number of amides is 1. The zero-order valence-corrected chi connectivity index (χ0v) is 14.6. The molecule has 0 unspecified atom stereocenters. The fourth-order valence-electron chi connectivity index (χ4n) is 1.92. The number of aromatic hydroxyl groups is 1. The minimum Gasteiger partial charge on any atom is -0.508 e. The van der Waals surface area contributed by atoms with Crippen LogP contribution in [0.5, 0.6) is 5.75 Å². The van der Waals surface area contributed by atoms with Crippen molar-refractivity contribution in [3.8, 4) is 5.75 Å². The second kappa shape index (κ2) is 8.28. The van der Waals surface area contributed by atoms with Crippen molar-refractivity contribution in [2.45, 2.75) is 5.75 Å². The van der Waals surface area contributed by atoms with Gasteiger partial charge in [-0.3, -0.25) is 4.79 Å². The van der Waals surface area contributed by atoms with Crippen LogP contribution in [0.1, 0.15) is 15.9 Å². The third-order valence-electron chi connectivity index (χ3n) is 3.05. The van der Waals surface area contributed by atoms with Gasteiger partial charge in [-0.05, 0) is 35.9 Å². The third-order valence-corrected chi connectivity index (χ3v) is 4.72. The molecule has 2 aromatic carbocycles. The maximum Gasteiger partial charge on any atom is 0.337 e. The Morgan fingerprint density at radius 1 is 1.12 bits per heavy atom. The SMILES string of the molecule is O=C(CSCc1c(Cl)cccc1Cl)Nc1ccc(O)cc1C(=O)O. The highest BCUT2D eigenvalue weighted by Crippen LogP contribution is 2.28.